The summed E-state index contributed by atoms with van der Waals surface area (Å²) in [5.41, 5.74) is 1.45. The van der Waals surface area contributed by atoms with E-state index in [0.29, 0.717) is 12.0 Å². The van der Waals surface area contributed by atoms with Gasteiger partial charge in [-0.15, -0.1) is 0 Å². The molecule has 1 heterocycles. The molecule has 1 saturated heterocycles. The maximum Gasteiger partial charge on any atom is 0.161 e. The highest BCUT2D eigenvalue weighted by molar-refractivity contribution is 5.46. The Hall–Kier alpha value is -1.26. The van der Waals surface area contributed by atoms with Crippen molar-refractivity contribution in [2.24, 2.45) is 5.92 Å². The third kappa shape index (κ3) is 2.70. The zero-order chi connectivity index (χ0) is 17.3. The van der Waals surface area contributed by atoms with E-state index in [1.165, 1.54) is 5.56 Å². The molecule has 0 amide bonds. The first-order valence-electron chi connectivity index (χ1n) is 9.18. The average molecular weight is 333 g/mol. The molecule has 0 aromatic heterocycles. The molecule has 1 aliphatic carbocycles. The lowest BCUT2D eigenvalue weighted by molar-refractivity contribution is -0.0107. The molecule has 1 aromatic carbocycles. The monoisotopic (exact) mass is 333 g/mol. The van der Waals surface area contributed by atoms with Crippen LogP contribution in [-0.4, -0.2) is 50.0 Å². The molecule has 1 aromatic rings. The number of rotatable bonds is 5. The molecular formula is C20H31NO3. The highest BCUT2D eigenvalue weighted by Crippen LogP contribution is 2.52. The van der Waals surface area contributed by atoms with Crippen molar-refractivity contribution in [3.05, 3.63) is 23.8 Å². The number of likely N-dealkylation sites (tertiary alicyclic amines) is 1. The third-order valence-electron chi connectivity index (χ3n) is 6.32. The van der Waals surface area contributed by atoms with E-state index in [9.17, 15) is 5.11 Å². The van der Waals surface area contributed by atoms with Crippen LogP contribution in [0, 0.1) is 5.92 Å². The molecule has 0 radical (unpaired) electrons. The van der Waals surface area contributed by atoms with E-state index >= 15 is 0 Å². The summed E-state index contributed by atoms with van der Waals surface area (Å²) in [5.74, 6) is 1.93. The van der Waals surface area contributed by atoms with Crippen LogP contribution in [0.2, 0.25) is 0 Å². The van der Waals surface area contributed by atoms with Crippen molar-refractivity contribution in [3.8, 4) is 11.5 Å². The first kappa shape index (κ1) is 17.6. The summed E-state index contributed by atoms with van der Waals surface area (Å²) in [4.78, 5) is 2.47. The largest absolute Gasteiger partial charge is 0.493 e. The molecule has 4 atom stereocenters. The van der Waals surface area contributed by atoms with Gasteiger partial charge in [0.2, 0.25) is 0 Å². The topological polar surface area (TPSA) is 41.9 Å². The van der Waals surface area contributed by atoms with Crippen molar-refractivity contribution in [2.75, 3.05) is 27.8 Å². The maximum atomic E-state index is 10.6. The molecule has 134 valence electrons. The Labute approximate surface area is 145 Å². The van der Waals surface area contributed by atoms with Crippen LogP contribution in [0.15, 0.2) is 18.2 Å². The quantitative estimate of drug-likeness (QED) is 0.898. The van der Waals surface area contributed by atoms with Crippen molar-refractivity contribution < 1.29 is 14.6 Å². The van der Waals surface area contributed by atoms with Gasteiger partial charge in [-0.3, -0.25) is 0 Å². The fourth-order valence-electron chi connectivity index (χ4n) is 5.21. The van der Waals surface area contributed by atoms with Gasteiger partial charge in [0.1, 0.15) is 0 Å². The number of hydrogen-bond acceptors (Lipinski definition) is 4. The summed E-state index contributed by atoms with van der Waals surface area (Å²) in [6, 6.07) is 6.79. The number of nitrogens with zero attached hydrogens (tertiary/aromatic N) is 1. The fraction of sp³-hybridized carbons (Fsp3) is 0.700. The van der Waals surface area contributed by atoms with Crippen LogP contribution in [0.25, 0.3) is 0 Å². The Morgan fingerprint density at radius 3 is 2.62 bits per heavy atom. The van der Waals surface area contributed by atoms with Crippen molar-refractivity contribution in [3.63, 3.8) is 0 Å². The van der Waals surface area contributed by atoms with Gasteiger partial charge in [0, 0.05) is 17.4 Å². The summed E-state index contributed by atoms with van der Waals surface area (Å²) in [6.45, 7) is 3.31. The number of likely N-dealkylation sites (N-methyl/N-ethyl adjacent to an activating group) is 1. The van der Waals surface area contributed by atoms with Crippen LogP contribution in [0.5, 0.6) is 11.5 Å². The number of aliphatic hydroxyl groups is 1. The minimum absolute atomic E-state index is 0.118. The molecule has 1 saturated carbocycles. The second-order valence-electron chi connectivity index (χ2n) is 7.46. The van der Waals surface area contributed by atoms with Crippen LogP contribution in [0.3, 0.4) is 0 Å². The summed E-state index contributed by atoms with van der Waals surface area (Å²) in [5, 5.41) is 10.6. The van der Waals surface area contributed by atoms with Gasteiger partial charge in [-0.05, 0) is 57.0 Å². The molecule has 1 N–H and O–H groups in total. The molecule has 4 nitrogen and oxygen atoms in total. The van der Waals surface area contributed by atoms with E-state index in [1.54, 1.807) is 14.2 Å². The standard InChI is InChI=1S/C20H31NO3/c1-5-6-15-16(22)9-10-20(11-12-21(2)19(15)20)14-7-8-17(23-3)18(13-14)24-4/h7-8,13,15-16,19,22H,5-6,9-12H2,1-4H3/t15-,16-,19+,20+/m1/s1. The lowest BCUT2D eigenvalue weighted by atomic mass is 9.61. The molecule has 4 heteroatoms. The SMILES string of the molecule is CCC[C@@H]1[C@H](O)CC[C@@]2(c3ccc(OC)c(OC)c3)CCN(C)[C@@H]12. The van der Waals surface area contributed by atoms with Crippen molar-refractivity contribution in [1.82, 2.24) is 4.90 Å². The van der Waals surface area contributed by atoms with Gasteiger partial charge in [-0.2, -0.15) is 0 Å². The van der Waals surface area contributed by atoms with Crippen LogP contribution in [0.1, 0.15) is 44.6 Å². The lowest BCUT2D eigenvalue weighted by Crippen LogP contribution is -2.54. The Bertz CT molecular complexity index is 576. The Morgan fingerprint density at radius 1 is 1.21 bits per heavy atom. The number of methoxy groups -OCH3 is 2. The molecule has 24 heavy (non-hydrogen) atoms. The maximum absolute atomic E-state index is 10.6. The number of hydrogen-bond donors (Lipinski definition) is 1. The van der Waals surface area contributed by atoms with Gasteiger partial charge in [0.05, 0.1) is 20.3 Å². The number of benzene rings is 1. The minimum atomic E-state index is -0.177. The summed E-state index contributed by atoms with van der Waals surface area (Å²) < 4.78 is 11.0. The van der Waals surface area contributed by atoms with Gasteiger partial charge < -0.3 is 19.5 Å². The van der Waals surface area contributed by atoms with Crippen LogP contribution >= 0.6 is 0 Å². The van der Waals surface area contributed by atoms with E-state index in [1.807, 2.05) is 6.07 Å². The van der Waals surface area contributed by atoms with E-state index < -0.39 is 0 Å². The first-order valence-corrected chi connectivity index (χ1v) is 9.18. The molecule has 0 spiro atoms. The Balaban J connectivity index is 2.03. The van der Waals surface area contributed by atoms with Crippen LogP contribution in [-0.2, 0) is 5.41 Å². The van der Waals surface area contributed by atoms with Gasteiger partial charge in [-0.25, -0.2) is 0 Å². The van der Waals surface area contributed by atoms with Gasteiger partial charge in [0.15, 0.2) is 11.5 Å². The molecular weight excluding hydrogens is 302 g/mol. The van der Waals surface area contributed by atoms with E-state index in [0.717, 1.165) is 50.1 Å². The highest BCUT2D eigenvalue weighted by atomic mass is 16.5. The number of fused-ring (bicyclic) bond motifs is 1. The van der Waals surface area contributed by atoms with E-state index in [-0.39, 0.29) is 11.5 Å². The summed E-state index contributed by atoms with van der Waals surface area (Å²) >= 11 is 0. The van der Waals surface area contributed by atoms with Gasteiger partial charge in [0.25, 0.3) is 0 Å². The number of aliphatic hydroxyl groups excluding tert-OH is 1. The minimum Gasteiger partial charge on any atom is -0.493 e. The number of ether oxygens (including phenoxy) is 2. The molecule has 0 bridgehead atoms. The van der Waals surface area contributed by atoms with E-state index in [4.69, 9.17) is 9.47 Å². The normalized spacial score (nSPS) is 33.3. The zero-order valence-electron chi connectivity index (χ0n) is 15.4. The molecule has 2 fully saturated rings. The first-order chi connectivity index (χ1) is 11.6. The average Bonchev–Trinajstić information content (AvgIpc) is 2.95. The predicted molar refractivity (Wildman–Crippen MR) is 95.9 cm³/mol. The summed E-state index contributed by atoms with van der Waals surface area (Å²) in [6.07, 6.45) is 5.11. The lowest BCUT2D eigenvalue weighted by Gasteiger charge is -2.48. The Morgan fingerprint density at radius 2 is 1.96 bits per heavy atom. The second-order valence-corrected chi connectivity index (χ2v) is 7.46. The second kappa shape index (κ2) is 6.93. The third-order valence-corrected chi connectivity index (χ3v) is 6.32. The Kier molecular flexibility index (Phi) is 5.07. The molecule has 3 rings (SSSR count). The molecule has 1 aliphatic heterocycles. The van der Waals surface area contributed by atoms with Crippen LogP contribution < -0.4 is 9.47 Å². The molecule has 0 unspecified atom stereocenters. The van der Waals surface area contributed by atoms with Gasteiger partial charge >= 0.3 is 0 Å². The van der Waals surface area contributed by atoms with Crippen molar-refractivity contribution in [2.45, 2.75) is 56.6 Å². The highest BCUT2D eigenvalue weighted by Gasteiger charge is 2.54. The van der Waals surface area contributed by atoms with E-state index in [2.05, 4.69) is 31.0 Å². The zero-order valence-corrected chi connectivity index (χ0v) is 15.4. The van der Waals surface area contributed by atoms with Crippen molar-refractivity contribution >= 4 is 0 Å². The van der Waals surface area contributed by atoms with Crippen LogP contribution in [0.4, 0.5) is 0 Å². The summed E-state index contributed by atoms with van der Waals surface area (Å²) in [7, 11) is 5.59. The fourth-order valence-corrected chi connectivity index (χ4v) is 5.21. The predicted octanol–water partition coefficient (Wildman–Crippen LogP) is 3.22. The smallest absolute Gasteiger partial charge is 0.161 e. The molecule has 2 aliphatic rings. The van der Waals surface area contributed by atoms with Crippen molar-refractivity contribution in [1.29, 1.82) is 0 Å². The van der Waals surface area contributed by atoms with Gasteiger partial charge in [-0.1, -0.05) is 19.4 Å².